The Morgan fingerprint density at radius 2 is 2.25 bits per heavy atom. The minimum Gasteiger partial charge on any atom is -0.385 e. The van der Waals surface area contributed by atoms with E-state index in [1.165, 1.54) is 25.7 Å². The number of likely N-dealkylation sites (tertiary alicyclic amines) is 1. The van der Waals surface area contributed by atoms with Gasteiger partial charge in [0.25, 0.3) is 0 Å². The van der Waals surface area contributed by atoms with Crippen molar-refractivity contribution < 1.29 is 4.74 Å². The molecule has 1 aliphatic rings. The molecule has 16 heavy (non-hydrogen) atoms. The molecule has 0 aromatic heterocycles. The fourth-order valence-electron chi connectivity index (χ4n) is 2.09. The molecule has 1 fully saturated rings. The van der Waals surface area contributed by atoms with Gasteiger partial charge in [-0.2, -0.15) is 0 Å². The summed E-state index contributed by atoms with van der Waals surface area (Å²) in [5, 5.41) is 4.24. The van der Waals surface area contributed by atoms with Crippen LogP contribution in [0.1, 0.15) is 39.0 Å². The van der Waals surface area contributed by atoms with Crippen molar-refractivity contribution in [1.82, 2.24) is 10.2 Å². The van der Waals surface area contributed by atoms with E-state index in [9.17, 15) is 0 Å². The van der Waals surface area contributed by atoms with Gasteiger partial charge in [0, 0.05) is 32.8 Å². The Morgan fingerprint density at radius 1 is 1.44 bits per heavy atom. The van der Waals surface area contributed by atoms with Crippen molar-refractivity contribution >= 4 is 17.3 Å². The van der Waals surface area contributed by atoms with Gasteiger partial charge in [0.2, 0.25) is 0 Å². The van der Waals surface area contributed by atoms with Gasteiger partial charge in [-0.3, -0.25) is 0 Å². The number of hydrogen-bond acceptors (Lipinski definition) is 2. The van der Waals surface area contributed by atoms with E-state index in [-0.39, 0.29) is 0 Å². The van der Waals surface area contributed by atoms with Crippen LogP contribution in [-0.2, 0) is 4.74 Å². The fraction of sp³-hybridized carbons (Fsp3) is 0.917. The summed E-state index contributed by atoms with van der Waals surface area (Å²) in [6, 6.07) is 0.588. The van der Waals surface area contributed by atoms with Crippen molar-refractivity contribution in [2.45, 2.75) is 45.1 Å². The molecule has 0 spiro atoms. The zero-order chi connectivity index (χ0) is 11.8. The summed E-state index contributed by atoms with van der Waals surface area (Å²) in [4.78, 5) is 2.34. The van der Waals surface area contributed by atoms with Crippen LogP contribution < -0.4 is 5.32 Å². The molecule has 0 amide bonds. The second-order valence-corrected chi connectivity index (χ2v) is 4.86. The van der Waals surface area contributed by atoms with Crippen molar-refractivity contribution in [3.05, 3.63) is 0 Å². The SMILES string of the molecule is COCCCNC(=S)N1CCCCCC1C. The maximum atomic E-state index is 5.43. The first-order chi connectivity index (χ1) is 7.75. The lowest BCUT2D eigenvalue weighted by Crippen LogP contribution is -2.45. The molecular weight excluding hydrogens is 220 g/mol. The summed E-state index contributed by atoms with van der Waals surface area (Å²) in [5.74, 6) is 0. The normalized spacial score (nSPS) is 21.6. The van der Waals surface area contributed by atoms with Gasteiger partial charge in [-0.15, -0.1) is 0 Å². The minimum absolute atomic E-state index is 0.588. The van der Waals surface area contributed by atoms with E-state index in [1.807, 2.05) is 0 Å². The van der Waals surface area contributed by atoms with Crippen LogP contribution in [0.15, 0.2) is 0 Å². The highest BCUT2D eigenvalue weighted by Gasteiger charge is 2.18. The van der Waals surface area contributed by atoms with Crippen LogP contribution in [0.2, 0.25) is 0 Å². The third kappa shape index (κ3) is 4.66. The average molecular weight is 244 g/mol. The Bertz CT molecular complexity index is 211. The van der Waals surface area contributed by atoms with Crippen molar-refractivity contribution in [2.75, 3.05) is 26.8 Å². The highest BCUT2D eigenvalue weighted by Crippen LogP contribution is 2.16. The summed E-state index contributed by atoms with van der Waals surface area (Å²) in [6.45, 7) is 5.09. The van der Waals surface area contributed by atoms with E-state index in [2.05, 4.69) is 17.1 Å². The molecule has 0 radical (unpaired) electrons. The second-order valence-electron chi connectivity index (χ2n) is 4.47. The molecule has 0 aromatic rings. The van der Waals surface area contributed by atoms with Crippen LogP contribution in [0.4, 0.5) is 0 Å². The summed E-state index contributed by atoms with van der Waals surface area (Å²) >= 11 is 5.43. The number of hydrogen-bond donors (Lipinski definition) is 1. The van der Waals surface area contributed by atoms with E-state index >= 15 is 0 Å². The zero-order valence-electron chi connectivity index (χ0n) is 10.5. The van der Waals surface area contributed by atoms with Crippen LogP contribution in [0.5, 0.6) is 0 Å². The largest absolute Gasteiger partial charge is 0.385 e. The monoisotopic (exact) mass is 244 g/mol. The molecule has 4 heteroatoms. The molecule has 1 unspecified atom stereocenters. The van der Waals surface area contributed by atoms with E-state index < -0.39 is 0 Å². The maximum absolute atomic E-state index is 5.43. The number of nitrogens with zero attached hydrogens (tertiary/aromatic N) is 1. The quantitative estimate of drug-likeness (QED) is 0.605. The zero-order valence-corrected chi connectivity index (χ0v) is 11.3. The standard InChI is InChI=1S/C12H24N2OS/c1-11-7-4-3-5-9-14(11)12(16)13-8-6-10-15-2/h11H,3-10H2,1-2H3,(H,13,16). The Hall–Kier alpha value is -0.350. The molecule has 0 saturated carbocycles. The second kappa shape index (κ2) is 7.85. The van der Waals surface area contributed by atoms with Crippen LogP contribution in [0.3, 0.4) is 0 Å². The molecule has 1 rings (SSSR count). The van der Waals surface area contributed by atoms with Gasteiger partial charge >= 0.3 is 0 Å². The first kappa shape index (κ1) is 13.7. The third-order valence-electron chi connectivity index (χ3n) is 3.12. The highest BCUT2D eigenvalue weighted by molar-refractivity contribution is 7.80. The summed E-state index contributed by atoms with van der Waals surface area (Å²) in [7, 11) is 1.73. The number of nitrogens with one attached hydrogen (secondary N) is 1. The van der Waals surface area contributed by atoms with Gasteiger partial charge in [-0.1, -0.05) is 12.8 Å². The van der Waals surface area contributed by atoms with Crippen molar-refractivity contribution in [3.63, 3.8) is 0 Å². The van der Waals surface area contributed by atoms with E-state index in [0.717, 1.165) is 31.2 Å². The number of ether oxygens (including phenoxy) is 1. The molecule has 1 heterocycles. The van der Waals surface area contributed by atoms with E-state index in [1.54, 1.807) is 7.11 Å². The predicted molar refractivity (Wildman–Crippen MR) is 71.7 cm³/mol. The van der Waals surface area contributed by atoms with Crippen LogP contribution in [0.25, 0.3) is 0 Å². The fourth-order valence-corrected chi connectivity index (χ4v) is 2.46. The minimum atomic E-state index is 0.588. The molecular formula is C12H24N2OS. The number of thiocarbonyl (C=S) groups is 1. The van der Waals surface area contributed by atoms with E-state index in [0.29, 0.717) is 6.04 Å². The summed E-state index contributed by atoms with van der Waals surface area (Å²) in [5.41, 5.74) is 0. The van der Waals surface area contributed by atoms with Crippen LogP contribution in [-0.4, -0.2) is 42.9 Å². The van der Waals surface area contributed by atoms with Gasteiger partial charge in [0.15, 0.2) is 5.11 Å². The average Bonchev–Trinajstić information content (AvgIpc) is 2.49. The Kier molecular flexibility index (Phi) is 6.73. The molecule has 1 saturated heterocycles. The number of methoxy groups -OCH3 is 1. The smallest absolute Gasteiger partial charge is 0.169 e. The number of rotatable bonds is 4. The van der Waals surface area contributed by atoms with Gasteiger partial charge in [-0.05, 0) is 38.4 Å². The molecule has 3 nitrogen and oxygen atoms in total. The molecule has 1 N–H and O–H groups in total. The van der Waals surface area contributed by atoms with Crippen LogP contribution in [0, 0.1) is 0 Å². The van der Waals surface area contributed by atoms with Crippen LogP contribution >= 0.6 is 12.2 Å². The Balaban J connectivity index is 2.27. The van der Waals surface area contributed by atoms with Gasteiger partial charge in [0.1, 0.15) is 0 Å². The van der Waals surface area contributed by atoms with Crippen molar-refractivity contribution in [2.24, 2.45) is 0 Å². The van der Waals surface area contributed by atoms with Gasteiger partial charge in [-0.25, -0.2) is 0 Å². The predicted octanol–water partition coefficient (Wildman–Crippen LogP) is 2.16. The first-order valence-electron chi connectivity index (χ1n) is 6.29. The molecule has 0 bridgehead atoms. The lowest BCUT2D eigenvalue weighted by Gasteiger charge is -2.30. The third-order valence-corrected chi connectivity index (χ3v) is 3.49. The van der Waals surface area contributed by atoms with Crippen molar-refractivity contribution in [3.8, 4) is 0 Å². The molecule has 0 aromatic carbocycles. The molecule has 94 valence electrons. The lowest BCUT2D eigenvalue weighted by molar-refractivity contribution is 0.195. The van der Waals surface area contributed by atoms with Gasteiger partial charge < -0.3 is 15.0 Å². The lowest BCUT2D eigenvalue weighted by atomic mass is 10.1. The maximum Gasteiger partial charge on any atom is 0.169 e. The summed E-state index contributed by atoms with van der Waals surface area (Å²) in [6.07, 6.45) is 6.22. The highest BCUT2D eigenvalue weighted by atomic mass is 32.1. The van der Waals surface area contributed by atoms with Gasteiger partial charge in [0.05, 0.1) is 0 Å². The molecule has 1 aliphatic heterocycles. The topological polar surface area (TPSA) is 24.5 Å². The van der Waals surface area contributed by atoms with E-state index in [4.69, 9.17) is 17.0 Å². The summed E-state index contributed by atoms with van der Waals surface area (Å²) < 4.78 is 5.01. The molecule has 1 atom stereocenters. The Labute approximate surface area is 105 Å². The Morgan fingerprint density at radius 3 is 3.00 bits per heavy atom. The first-order valence-corrected chi connectivity index (χ1v) is 6.70. The van der Waals surface area contributed by atoms with Crippen molar-refractivity contribution in [1.29, 1.82) is 0 Å². The molecule has 0 aliphatic carbocycles.